The van der Waals surface area contributed by atoms with Crippen molar-refractivity contribution in [2.75, 3.05) is 18.4 Å². The minimum Gasteiger partial charge on any atom is -0.354 e. The van der Waals surface area contributed by atoms with Gasteiger partial charge in [0, 0.05) is 19.3 Å². The summed E-state index contributed by atoms with van der Waals surface area (Å²) < 4.78 is 12.8. The van der Waals surface area contributed by atoms with Gasteiger partial charge in [-0.15, -0.1) is 0 Å². The number of nitrogens with one attached hydrogen (secondary N) is 2. The van der Waals surface area contributed by atoms with Crippen LogP contribution in [0.3, 0.4) is 0 Å². The number of rotatable bonds is 7. The molecule has 5 nitrogen and oxygen atoms in total. The van der Waals surface area contributed by atoms with Crippen molar-refractivity contribution in [2.45, 2.75) is 20.3 Å². The molecule has 0 aliphatic carbocycles. The van der Waals surface area contributed by atoms with Gasteiger partial charge in [0.05, 0.1) is 0 Å². The lowest BCUT2D eigenvalue weighted by atomic mass is 10.1. The molecule has 0 unspecified atom stereocenters. The van der Waals surface area contributed by atoms with Crippen LogP contribution in [0.5, 0.6) is 0 Å². The molecule has 1 amide bonds. The molecule has 0 radical (unpaired) electrons. The molecular formula is C17H21FN4O. The third kappa shape index (κ3) is 5.65. The Hall–Kier alpha value is -2.50. The monoisotopic (exact) mass is 316 g/mol. The maximum absolute atomic E-state index is 12.8. The normalized spacial score (nSPS) is 10.6. The second-order valence-corrected chi connectivity index (χ2v) is 5.67. The second-order valence-electron chi connectivity index (χ2n) is 5.67. The lowest BCUT2D eigenvalue weighted by molar-refractivity contribution is 0.0949. The summed E-state index contributed by atoms with van der Waals surface area (Å²) in [7, 11) is 0. The van der Waals surface area contributed by atoms with Gasteiger partial charge in [-0.05, 0) is 36.1 Å². The van der Waals surface area contributed by atoms with Crippen LogP contribution in [0.2, 0.25) is 0 Å². The lowest BCUT2D eigenvalue weighted by Crippen LogP contribution is -2.27. The van der Waals surface area contributed by atoms with Gasteiger partial charge in [0.1, 0.15) is 11.5 Å². The Labute approximate surface area is 135 Å². The van der Waals surface area contributed by atoms with Gasteiger partial charge in [-0.1, -0.05) is 26.0 Å². The molecule has 0 saturated carbocycles. The zero-order valence-electron chi connectivity index (χ0n) is 13.3. The van der Waals surface area contributed by atoms with Gasteiger partial charge in [-0.25, -0.2) is 14.4 Å². The fourth-order valence-electron chi connectivity index (χ4n) is 1.93. The third-order valence-corrected chi connectivity index (χ3v) is 3.17. The number of benzene rings is 1. The van der Waals surface area contributed by atoms with E-state index >= 15 is 0 Å². The van der Waals surface area contributed by atoms with Crippen LogP contribution in [0.25, 0.3) is 0 Å². The van der Waals surface area contributed by atoms with Crippen LogP contribution in [0.15, 0.2) is 36.5 Å². The van der Waals surface area contributed by atoms with Crippen molar-refractivity contribution in [1.82, 2.24) is 15.3 Å². The number of amides is 1. The fraction of sp³-hybridized carbons (Fsp3) is 0.353. The molecule has 6 heteroatoms. The average Bonchev–Trinajstić information content (AvgIpc) is 2.55. The van der Waals surface area contributed by atoms with Crippen molar-refractivity contribution in [3.05, 3.63) is 53.6 Å². The lowest BCUT2D eigenvalue weighted by Gasteiger charge is -2.09. The molecule has 122 valence electrons. The van der Waals surface area contributed by atoms with Crippen LogP contribution < -0.4 is 10.6 Å². The summed E-state index contributed by atoms with van der Waals surface area (Å²) in [6.45, 7) is 5.37. The highest BCUT2D eigenvalue weighted by Crippen LogP contribution is 2.04. The summed E-state index contributed by atoms with van der Waals surface area (Å²) in [5, 5.41) is 5.89. The number of halogens is 1. The summed E-state index contributed by atoms with van der Waals surface area (Å²) in [4.78, 5) is 20.4. The highest BCUT2D eigenvalue weighted by atomic mass is 19.1. The number of hydrogen-bond donors (Lipinski definition) is 2. The predicted molar refractivity (Wildman–Crippen MR) is 87.8 cm³/mol. The SMILES string of the molecule is CC(C)CNc1nccc(C(=O)NCCc2ccc(F)cc2)n1. The number of carbonyl (C=O) groups is 1. The Kier molecular flexibility index (Phi) is 6.02. The van der Waals surface area contributed by atoms with Gasteiger partial charge in [-0.3, -0.25) is 4.79 Å². The van der Waals surface area contributed by atoms with Crippen molar-refractivity contribution in [2.24, 2.45) is 5.92 Å². The maximum Gasteiger partial charge on any atom is 0.270 e. The zero-order valence-corrected chi connectivity index (χ0v) is 13.3. The smallest absolute Gasteiger partial charge is 0.270 e. The molecule has 0 aliphatic rings. The van der Waals surface area contributed by atoms with E-state index in [-0.39, 0.29) is 11.7 Å². The van der Waals surface area contributed by atoms with E-state index in [9.17, 15) is 9.18 Å². The minimum atomic E-state index is -0.264. The van der Waals surface area contributed by atoms with Crippen LogP contribution in [0.1, 0.15) is 29.9 Å². The molecule has 1 aromatic heterocycles. The summed E-state index contributed by atoms with van der Waals surface area (Å²) in [5.41, 5.74) is 1.29. The molecule has 2 aromatic rings. The van der Waals surface area contributed by atoms with E-state index in [1.165, 1.54) is 12.1 Å². The maximum atomic E-state index is 12.8. The van der Waals surface area contributed by atoms with E-state index in [4.69, 9.17) is 0 Å². The van der Waals surface area contributed by atoms with Gasteiger partial charge >= 0.3 is 0 Å². The molecule has 23 heavy (non-hydrogen) atoms. The van der Waals surface area contributed by atoms with Gasteiger partial charge in [-0.2, -0.15) is 0 Å². The van der Waals surface area contributed by atoms with Gasteiger partial charge < -0.3 is 10.6 Å². The average molecular weight is 316 g/mol. The molecule has 0 fully saturated rings. The van der Waals surface area contributed by atoms with E-state index in [0.29, 0.717) is 30.5 Å². The highest BCUT2D eigenvalue weighted by molar-refractivity contribution is 5.92. The van der Waals surface area contributed by atoms with Crippen LogP contribution in [0, 0.1) is 11.7 Å². The van der Waals surface area contributed by atoms with Crippen LogP contribution >= 0.6 is 0 Å². The van der Waals surface area contributed by atoms with Gasteiger partial charge in [0.2, 0.25) is 5.95 Å². The molecule has 1 heterocycles. The fourth-order valence-corrected chi connectivity index (χ4v) is 1.93. The Morgan fingerprint density at radius 3 is 2.65 bits per heavy atom. The third-order valence-electron chi connectivity index (χ3n) is 3.17. The zero-order chi connectivity index (χ0) is 16.7. The Morgan fingerprint density at radius 1 is 1.22 bits per heavy atom. The molecule has 0 saturated heterocycles. The standard InChI is InChI=1S/C17H21FN4O/c1-12(2)11-21-17-20-10-8-15(22-17)16(23)19-9-7-13-3-5-14(18)6-4-13/h3-6,8,10,12H,7,9,11H2,1-2H3,(H,19,23)(H,20,21,22). The topological polar surface area (TPSA) is 66.9 Å². The predicted octanol–water partition coefficient (Wildman–Crippen LogP) is 2.66. The van der Waals surface area contributed by atoms with Crippen molar-refractivity contribution in [1.29, 1.82) is 0 Å². The Morgan fingerprint density at radius 2 is 1.96 bits per heavy atom. The summed E-state index contributed by atoms with van der Waals surface area (Å²) >= 11 is 0. The van der Waals surface area contributed by atoms with Crippen LogP contribution in [0.4, 0.5) is 10.3 Å². The number of nitrogens with zero attached hydrogens (tertiary/aromatic N) is 2. The number of anilines is 1. The summed E-state index contributed by atoms with van der Waals surface area (Å²) in [6.07, 6.45) is 2.19. The highest BCUT2D eigenvalue weighted by Gasteiger charge is 2.08. The van der Waals surface area contributed by atoms with Crippen molar-refractivity contribution in [3.8, 4) is 0 Å². The van der Waals surface area contributed by atoms with Crippen LogP contribution in [-0.4, -0.2) is 29.0 Å². The largest absolute Gasteiger partial charge is 0.354 e. The Balaban J connectivity index is 1.85. The summed E-state index contributed by atoms with van der Waals surface area (Å²) in [5.74, 6) is 0.402. The first-order chi connectivity index (χ1) is 11.0. The Bertz CT molecular complexity index is 643. The molecule has 2 N–H and O–H groups in total. The van der Waals surface area contributed by atoms with Gasteiger partial charge in [0.25, 0.3) is 5.91 Å². The van der Waals surface area contributed by atoms with Gasteiger partial charge in [0.15, 0.2) is 0 Å². The van der Waals surface area contributed by atoms with E-state index in [1.807, 2.05) is 0 Å². The van der Waals surface area contributed by atoms with E-state index < -0.39 is 0 Å². The quantitative estimate of drug-likeness (QED) is 0.824. The number of aromatic nitrogens is 2. The first-order valence-electron chi connectivity index (χ1n) is 7.64. The minimum absolute atomic E-state index is 0.248. The number of hydrogen-bond acceptors (Lipinski definition) is 4. The van der Waals surface area contributed by atoms with Crippen molar-refractivity contribution < 1.29 is 9.18 Å². The second kappa shape index (κ2) is 8.22. The summed E-state index contributed by atoms with van der Waals surface area (Å²) in [6, 6.07) is 7.82. The first-order valence-corrected chi connectivity index (χ1v) is 7.64. The molecular weight excluding hydrogens is 295 g/mol. The van der Waals surface area contributed by atoms with Crippen LogP contribution in [-0.2, 0) is 6.42 Å². The van der Waals surface area contributed by atoms with E-state index in [2.05, 4.69) is 34.4 Å². The molecule has 0 spiro atoms. The van der Waals surface area contributed by atoms with E-state index in [1.54, 1.807) is 24.4 Å². The molecule has 0 atom stereocenters. The van der Waals surface area contributed by atoms with Crippen molar-refractivity contribution in [3.63, 3.8) is 0 Å². The first kappa shape index (κ1) is 16.9. The molecule has 0 bridgehead atoms. The number of carbonyl (C=O) groups excluding carboxylic acids is 1. The molecule has 1 aromatic carbocycles. The van der Waals surface area contributed by atoms with Crippen molar-refractivity contribution >= 4 is 11.9 Å². The van der Waals surface area contributed by atoms with E-state index in [0.717, 1.165) is 12.1 Å². The molecule has 0 aliphatic heterocycles. The molecule has 2 rings (SSSR count).